The lowest BCUT2D eigenvalue weighted by atomic mass is 10.1. The highest BCUT2D eigenvalue weighted by Crippen LogP contribution is 2.27. The summed E-state index contributed by atoms with van der Waals surface area (Å²) in [5.74, 6) is 1.73. The van der Waals surface area contributed by atoms with Crippen LogP contribution in [0.3, 0.4) is 0 Å². The Hall–Kier alpha value is -3.58. The number of ether oxygens (including phenoxy) is 1. The van der Waals surface area contributed by atoms with Crippen molar-refractivity contribution in [3.63, 3.8) is 0 Å². The molecule has 0 aliphatic heterocycles. The Labute approximate surface area is 189 Å². The largest absolute Gasteiger partial charge is 0.497 e. The Balaban J connectivity index is 1.47. The maximum absolute atomic E-state index is 12.7. The molecular weight excluding hydrogens is 420 g/mol. The molecular formula is C25H22N4O2S. The molecule has 5 aromatic rings. The molecule has 0 bridgehead atoms. The average Bonchev–Trinajstić information content (AvgIpc) is 3.38. The van der Waals surface area contributed by atoms with Gasteiger partial charge in [-0.3, -0.25) is 9.20 Å². The van der Waals surface area contributed by atoms with Gasteiger partial charge in [0, 0.05) is 5.56 Å². The molecule has 0 atom stereocenters. The lowest BCUT2D eigenvalue weighted by molar-refractivity contribution is 0.102. The number of hydrogen-bond acceptors (Lipinski definition) is 5. The SMILES string of the molecule is COc1cccc(C(=O)CSc2nnc3n(Cc4ccc(C)cc4)c4ccccc4n23)c1. The van der Waals surface area contributed by atoms with Crippen LogP contribution in [0.4, 0.5) is 0 Å². The number of nitrogens with zero attached hydrogens (tertiary/aromatic N) is 4. The molecule has 32 heavy (non-hydrogen) atoms. The van der Waals surface area contributed by atoms with E-state index in [2.05, 4.69) is 58.1 Å². The van der Waals surface area contributed by atoms with Crippen molar-refractivity contribution >= 4 is 34.4 Å². The van der Waals surface area contributed by atoms with Crippen LogP contribution < -0.4 is 4.74 Å². The molecule has 0 unspecified atom stereocenters. The predicted octanol–water partition coefficient (Wildman–Crippen LogP) is 5.02. The lowest BCUT2D eigenvalue weighted by Crippen LogP contribution is -2.03. The number of aromatic nitrogens is 4. The summed E-state index contributed by atoms with van der Waals surface area (Å²) < 4.78 is 9.43. The van der Waals surface area contributed by atoms with E-state index in [0.717, 1.165) is 16.8 Å². The van der Waals surface area contributed by atoms with Crippen molar-refractivity contribution in [2.24, 2.45) is 0 Å². The summed E-state index contributed by atoms with van der Waals surface area (Å²) in [5, 5.41) is 9.57. The summed E-state index contributed by atoms with van der Waals surface area (Å²) in [6, 6.07) is 23.9. The molecule has 0 radical (unpaired) electrons. The highest BCUT2D eigenvalue weighted by molar-refractivity contribution is 7.99. The number of methoxy groups -OCH3 is 1. The van der Waals surface area contributed by atoms with Gasteiger partial charge < -0.3 is 9.30 Å². The smallest absolute Gasteiger partial charge is 0.237 e. The van der Waals surface area contributed by atoms with Gasteiger partial charge >= 0.3 is 0 Å². The molecule has 0 amide bonds. The standard InChI is InChI=1S/C25H22N4O2S/c1-17-10-12-18(13-11-17)15-28-21-8-3-4-9-22(21)29-24(28)26-27-25(29)32-16-23(30)19-6-5-7-20(14-19)31-2/h3-14H,15-16H2,1-2H3. The highest BCUT2D eigenvalue weighted by atomic mass is 32.2. The van der Waals surface area contributed by atoms with E-state index in [4.69, 9.17) is 4.74 Å². The number of fused-ring (bicyclic) bond motifs is 3. The van der Waals surface area contributed by atoms with Crippen molar-refractivity contribution in [3.05, 3.63) is 89.5 Å². The second kappa shape index (κ2) is 8.51. The van der Waals surface area contributed by atoms with Gasteiger partial charge in [0.15, 0.2) is 10.9 Å². The van der Waals surface area contributed by atoms with E-state index in [9.17, 15) is 4.79 Å². The minimum atomic E-state index is 0.0223. The van der Waals surface area contributed by atoms with Crippen LogP contribution in [0.1, 0.15) is 21.5 Å². The number of rotatable bonds is 7. The van der Waals surface area contributed by atoms with Crippen molar-refractivity contribution in [2.75, 3.05) is 12.9 Å². The van der Waals surface area contributed by atoms with Gasteiger partial charge in [-0.15, -0.1) is 10.2 Å². The van der Waals surface area contributed by atoms with E-state index in [0.29, 0.717) is 23.0 Å². The van der Waals surface area contributed by atoms with Crippen LogP contribution >= 0.6 is 11.8 Å². The van der Waals surface area contributed by atoms with E-state index in [1.165, 1.54) is 22.9 Å². The van der Waals surface area contributed by atoms with Crippen LogP contribution in [-0.2, 0) is 6.54 Å². The average molecular weight is 443 g/mol. The third-order valence-electron chi connectivity index (χ3n) is 5.46. The first kappa shape index (κ1) is 20.3. The van der Waals surface area contributed by atoms with Crippen LogP contribution in [-0.4, -0.2) is 37.8 Å². The Morgan fingerprint density at radius 3 is 2.53 bits per heavy atom. The molecule has 0 aliphatic rings. The molecule has 160 valence electrons. The summed E-state index contributed by atoms with van der Waals surface area (Å²) in [4.78, 5) is 12.7. The van der Waals surface area contributed by atoms with Gasteiger partial charge in [-0.25, -0.2) is 0 Å². The molecule has 7 heteroatoms. The number of benzene rings is 3. The fourth-order valence-corrected chi connectivity index (χ4v) is 4.61. The zero-order chi connectivity index (χ0) is 22.1. The van der Waals surface area contributed by atoms with Gasteiger partial charge in [-0.2, -0.15) is 0 Å². The third-order valence-corrected chi connectivity index (χ3v) is 6.39. The molecule has 2 aromatic heterocycles. The second-order valence-electron chi connectivity index (χ2n) is 7.62. The number of imidazole rings is 1. The number of hydrogen-bond donors (Lipinski definition) is 0. The Morgan fingerprint density at radius 2 is 1.75 bits per heavy atom. The molecule has 0 aliphatic carbocycles. The van der Waals surface area contributed by atoms with E-state index in [1.807, 2.05) is 28.7 Å². The maximum atomic E-state index is 12.7. The number of Topliss-reactive ketones (excluding diaryl/α,β-unsaturated/α-hetero) is 1. The normalized spacial score (nSPS) is 11.3. The molecule has 0 saturated heterocycles. The summed E-state index contributed by atoms with van der Waals surface area (Å²) >= 11 is 1.40. The second-order valence-corrected chi connectivity index (χ2v) is 8.56. The summed E-state index contributed by atoms with van der Waals surface area (Å²) in [5.41, 5.74) is 5.16. The van der Waals surface area contributed by atoms with Crippen LogP contribution in [0, 0.1) is 6.92 Å². The molecule has 3 aromatic carbocycles. The first-order chi connectivity index (χ1) is 15.6. The van der Waals surface area contributed by atoms with Gasteiger partial charge in [-0.05, 0) is 36.8 Å². The Morgan fingerprint density at radius 1 is 0.969 bits per heavy atom. The lowest BCUT2D eigenvalue weighted by Gasteiger charge is -2.05. The number of ketones is 1. The first-order valence-electron chi connectivity index (χ1n) is 10.3. The minimum Gasteiger partial charge on any atom is -0.497 e. The van der Waals surface area contributed by atoms with Crippen molar-refractivity contribution < 1.29 is 9.53 Å². The highest BCUT2D eigenvalue weighted by Gasteiger charge is 2.18. The molecule has 0 N–H and O–H groups in total. The topological polar surface area (TPSA) is 61.4 Å². The number of carbonyl (C=O) groups excluding carboxylic acids is 1. The monoisotopic (exact) mass is 442 g/mol. The minimum absolute atomic E-state index is 0.0223. The van der Waals surface area contributed by atoms with Gasteiger partial charge in [0.2, 0.25) is 5.78 Å². The van der Waals surface area contributed by atoms with E-state index in [-0.39, 0.29) is 11.5 Å². The third kappa shape index (κ3) is 3.76. The zero-order valence-electron chi connectivity index (χ0n) is 17.9. The predicted molar refractivity (Wildman–Crippen MR) is 127 cm³/mol. The Kier molecular flexibility index (Phi) is 5.41. The number of thioether (sulfide) groups is 1. The van der Waals surface area contributed by atoms with E-state index < -0.39 is 0 Å². The number of aryl methyl sites for hydroxylation is 1. The zero-order valence-corrected chi connectivity index (χ0v) is 18.7. The van der Waals surface area contributed by atoms with Crippen LogP contribution in [0.5, 0.6) is 5.75 Å². The van der Waals surface area contributed by atoms with Gasteiger partial charge in [0.1, 0.15) is 5.75 Å². The first-order valence-corrected chi connectivity index (χ1v) is 11.3. The summed E-state index contributed by atoms with van der Waals surface area (Å²) in [7, 11) is 1.59. The van der Waals surface area contributed by atoms with Crippen molar-refractivity contribution in [1.82, 2.24) is 19.2 Å². The quantitative estimate of drug-likeness (QED) is 0.261. The summed E-state index contributed by atoms with van der Waals surface area (Å²) in [6.07, 6.45) is 0. The van der Waals surface area contributed by atoms with Crippen molar-refractivity contribution in [2.45, 2.75) is 18.6 Å². The molecule has 0 saturated carbocycles. The summed E-state index contributed by atoms with van der Waals surface area (Å²) in [6.45, 7) is 2.78. The van der Waals surface area contributed by atoms with Gasteiger partial charge in [0.05, 0.1) is 30.4 Å². The van der Waals surface area contributed by atoms with Crippen LogP contribution in [0.2, 0.25) is 0 Å². The molecule has 0 fully saturated rings. The molecule has 5 rings (SSSR count). The number of para-hydroxylation sites is 2. The van der Waals surface area contributed by atoms with Gasteiger partial charge in [0.25, 0.3) is 0 Å². The van der Waals surface area contributed by atoms with E-state index >= 15 is 0 Å². The molecule has 0 spiro atoms. The maximum Gasteiger partial charge on any atom is 0.237 e. The van der Waals surface area contributed by atoms with Crippen molar-refractivity contribution in [3.8, 4) is 5.75 Å². The molecule has 2 heterocycles. The fraction of sp³-hybridized carbons (Fsp3) is 0.160. The van der Waals surface area contributed by atoms with Crippen LogP contribution in [0.15, 0.2) is 78.0 Å². The van der Waals surface area contributed by atoms with E-state index in [1.54, 1.807) is 19.2 Å². The number of carbonyl (C=O) groups is 1. The van der Waals surface area contributed by atoms with Crippen LogP contribution in [0.25, 0.3) is 16.8 Å². The Bertz CT molecular complexity index is 1420. The molecule has 6 nitrogen and oxygen atoms in total. The van der Waals surface area contributed by atoms with Crippen molar-refractivity contribution in [1.29, 1.82) is 0 Å². The van der Waals surface area contributed by atoms with Gasteiger partial charge in [-0.1, -0.05) is 65.9 Å². The fourth-order valence-electron chi connectivity index (χ4n) is 3.77.